The normalized spacial score (nSPS) is 24.3. The molecular weight excluding hydrogens is 374 g/mol. The van der Waals surface area contributed by atoms with E-state index in [4.69, 9.17) is 10.6 Å². The Hall–Kier alpha value is -2.22. The molecule has 1 heterocycles. The van der Waals surface area contributed by atoms with Crippen LogP contribution in [0.25, 0.3) is 11.4 Å². The Morgan fingerprint density at radius 1 is 1.32 bits per heavy atom. The van der Waals surface area contributed by atoms with Crippen LogP contribution >= 0.6 is 11.8 Å². The van der Waals surface area contributed by atoms with E-state index in [0.29, 0.717) is 16.9 Å². The van der Waals surface area contributed by atoms with Gasteiger partial charge in [0.25, 0.3) is 0 Å². The van der Waals surface area contributed by atoms with Gasteiger partial charge in [-0.25, -0.2) is 4.68 Å². The fourth-order valence-corrected chi connectivity index (χ4v) is 5.42. The van der Waals surface area contributed by atoms with Crippen molar-refractivity contribution in [3.05, 3.63) is 24.3 Å². The van der Waals surface area contributed by atoms with Gasteiger partial charge < -0.3 is 15.9 Å². The zero-order chi connectivity index (χ0) is 19.7. The lowest BCUT2D eigenvalue weighted by atomic mass is 9.84. The molecular formula is C20H27N5O2S. The number of fused-ring (bicyclic) bond motifs is 2. The average molecular weight is 402 g/mol. The van der Waals surface area contributed by atoms with E-state index in [1.165, 1.54) is 42.1 Å². The molecule has 2 aromatic rings. The summed E-state index contributed by atoms with van der Waals surface area (Å²) < 4.78 is 6.60. The van der Waals surface area contributed by atoms with Crippen molar-refractivity contribution in [2.45, 2.75) is 43.8 Å². The molecule has 1 aromatic carbocycles. The van der Waals surface area contributed by atoms with E-state index in [0.717, 1.165) is 23.1 Å². The number of aromatic nitrogens is 3. The van der Waals surface area contributed by atoms with Gasteiger partial charge in [-0.3, -0.25) is 4.79 Å². The Bertz CT molecular complexity index is 838. The van der Waals surface area contributed by atoms with E-state index in [-0.39, 0.29) is 17.7 Å². The van der Waals surface area contributed by atoms with Gasteiger partial charge in [0.05, 0.1) is 12.9 Å². The van der Waals surface area contributed by atoms with Crippen LogP contribution < -0.4 is 15.9 Å². The third-order valence-electron chi connectivity index (χ3n) is 6.17. The first-order valence-corrected chi connectivity index (χ1v) is 10.8. The average Bonchev–Trinajstić information content (AvgIpc) is 3.42. The van der Waals surface area contributed by atoms with Gasteiger partial charge in [0.1, 0.15) is 5.75 Å². The van der Waals surface area contributed by atoms with Crippen molar-refractivity contribution >= 4 is 17.7 Å². The van der Waals surface area contributed by atoms with Crippen LogP contribution in [0.5, 0.6) is 5.75 Å². The predicted octanol–water partition coefficient (Wildman–Crippen LogP) is 2.70. The molecule has 2 fully saturated rings. The van der Waals surface area contributed by atoms with Gasteiger partial charge in [-0.2, -0.15) is 0 Å². The molecule has 0 aliphatic heterocycles. The van der Waals surface area contributed by atoms with Gasteiger partial charge in [0.15, 0.2) is 5.82 Å². The van der Waals surface area contributed by atoms with Gasteiger partial charge in [-0.05, 0) is 68.2 Å². The van der Waals surface area contributed by atoms with Crippen molar-refractivity contribution in [3.63, 3.8) is 0 Å². The molecule has 1 aromatic heterocycles. The number of nitrogens with one attached hydrogen (secondary N) is 1. The zero-order valence-electron chi connectivity index (χ0n) is 16.3. The molecule has 1 amide bonds. The molecule has 3 N–H and O–H groups in total. The molecule has 2 aliphatic carbocycles. The lowest BCUT2D eigenvalue weighted by Crippen LogP contribution is -2.41. The molecule has 2 saturated carbocycles. The van der Waals surface area contributed by atoms with Crippen molar-refractivity contribution < 1.29 is 9.53 Å². The van der Waals surface area contributed by atoms with Crippen LogP contribution in [0.3, 0.4) is 0 Å². The predicted molar refractivity (Wildman–Crippen MR) is 109 cm³/mol. The second-order valence-electron chi connectivity index (χ2n) is 7.89. The topological polar surface area (TPSA) is 95.1 Å². The Labute approximate surface area is 169 Å². The summed E-state index contributed by atoms with van der Waals surface area (Å²) >= 11 is 1.31. The summed E-state index contributed by atoms with van der Waals surface area (Å²) in [6.45, 7) is 2.14. The van der Waals surface area contributed by atoms with Crippen molar-refractivity contribution in [1.82, 2.24) is 20.2 Å². The van der Waals surface area contributed by atoms with E-state index in [9.17, 15) is 4.79 Å². The summed E-state index contributed by atoms with van der Waals surface area (Å²) in [4.78, 5) is 12.4. The highest BCUT2D eigenvalue weighted by Crippen LogP contribution is 2.49. The second-order valence-corrected chi connectivity index (χ2v) is 8.83. The number of rotatable bonds is 7. The number of hydrogen-bond donors (Lipinski definition) is 2. The first-order chi connectivity index (χ1) is 13.5. The molecule has 4 atom stereocenters. The number of nitrogen functional groups attached to an aromatic ring is 1. The number of carbonyl (C=O) groups is 1. The number of methoxy groups -OCH3 is 1. The van der Waals surface area contributed by atoms with Gasteiger partial charge in [0, 0.05) is 11.6 Å². The number of nitrogens with zero attached hydrogens (tertiary/aromatic N) is 3. The fraction of sp³-hybridized carbons (Fsp3) is 0.550. The van der Waals surface area contributed by atoms with Gasteiger partial charge >= 0.3 is 0 Å². The van der Waals surface area contributed by atoms with Crippen LogP contribution in [0.4, 0.5) is 0 Å². The molecule has 28 heavy (non-hydrogen) atoms. The number of thioether (sulfide) groups is 1. The summed E-state index contributed by atoms with van der Waals surface area (Å²) in [7, 11) is 1.62. The number of ether oxygens (including phenoxy) is 1. The highest BCUT2D eigenvalue weighted by atomic mass is 32.2. The largest absolute Gasteiger partial charge is 0.497 e. The molecule has 2 bridgehead atoms. The number of nitrogens with two attached hydrogens (primary N) is 1. The third kappa shape index (κ3) is 3.83. The number of carbonyl (C=O) groups excluding carboxylic acids is 1. The standard InChI is InChI=1S/C20H27N5O2S/c1-12(17-10-13-3-4-15(17)9-13)22-18(26)11-28-20-24-23-19(25(20)21)14-5-7-16(27-2)8-6-14/h5-8,12-13,15,17H,3-4,9-11,21H2,1-2H3,(H,22,26). The van der Waals surface area contributed by atoms with Crippen LogP contribution in [0.15, 0.2) is 29.4 Å². The van der Waals surface area contributed by atoms with Crippen molar-refractivity contribution in [1.29, 1.82) is 0 Å². The molecule has 4 unspecified atom stereocenters. The molecule has 0 spiro atoms. The highest BCUT2D eigenvalue weighted by molar-refractivity contribution is 7.99. The minimum atomic E-state index is 0.0225. The number of amides is 1. The molecule has 150 valence electrons. The maximum absolute atomic E-state index is 12.4. The van der Waals surface area contributed by atoms with Crippen molar-refractivity contribution in [2.75, 3.05) is 18.7 Å². The molecule has 4 rings (SSSR count). The van der Waals surface area contributed by atoms with Crippen LogP contribution in [0.1, 0.15) is 32.6 Å². The lowest BCUT2D eigenvalue weighted by Gasteiger charge is -2.28. The summed E-state index contributed by atoms with van der Waals surface area (Å²) in [6, 6.07) is 7.69. The van der Waals surface area contributed by atoms with Crippen LogP contribution in [-0.4, -0.2) is 39.7 Å². The zero-order valence-corrected chi connectivity index (χ0v) is 17.1. The van der Waals surface area contributed by atoms with E-state index >= 15 is 0 Å². The molecule has 2 aliphatic rings. The molecule has 7 nitrogen and oxygen atoms in total. The maximum atomic E-state index is 12.4. The van der Waals surface area contributed by atoms with Gasteiger partial charge in [-0.15, -0.1) is 10.2 Å². The van der Waals surface area contributed by atoms with Crippen LogP contribution in [0.2, 0.25) is 0 Å². The number of benzene rings is 1. The quantitative estimate of drug-likeness (QED) is 0.547. The highest BCUT2D eigenvalue weighted by Gasteiger charge is 2.42. The second kappa shape index (κ2) is 8.03. The summed E-state index contributed by atoms with van der Waals surface area (Å²) in [5, 5.41) is 12.0. The Balaban J connectivity index is 1.32. The molecule has 0 saturated heterocycles. The first kappa shape index (κ1) is 19.1. The Morgan fingerprint density at radius 2 is 2.11 bits per heavy atom. The SMILES string of the molecule is COc1ccc(-c2nnc(SCC(=O)NC(C)C3CC4CCC3C4)n2N)cc1. The van der Waals surface area contributed by atoms with E-state index < -0.39 is 0 Å². The Kier molecular flexibility index (Phi) is 5.48. The van der Waals surface area contributed by atoms with Crippen molar-refractivity contribution in [3.8, 4) is 17.1 Å². The van der Waals surface area contributed by atoms with Gasteiger partial charge in [-0.1, -0.05) is 18.2 Å². The number of hydrogen-bond acceptors (Lipinski definition) is 6. The minimum absolute atomic E-state index is 0.0225. The van der Waals surface area contributed by atoms with E-state index in [1.54, 1.807) is 7.11 Å². The summed E-state index contributed by atoms with van der Waals surface area (Å²) in [5.41, 5.74) is 0.844. The van der Waals surface area contributed by atoms with Crippen LogP contribution in [0, 0.1) is 17.8 Å². The minimum Gasteiger partial charge on any atom is -0.497 e. The maximum Gasteiger partial charge on any atom is 0.230 e. The summed E-state index contributed by atoms with van der Waals surface area (Å²) in [5.74, 6) is 10.1. The first-order valence-electron chi connectivity index (χ1n) is 9.82. The molecule has 8 heteroatoms. The van der Waals surface area contributed by atoms with Crippen LogP contribution in [-0.2, 0) is 4.79 Å². The molecule has 0 radical (unpaired) electrons. The van der Waals surface area contributed by atoms with Gasteiger partial charge in [0.2, 0.25) is 11.1 Å². The lowest BCUT2D eigenvalue weighted by molar-refractivity contribution is -0.119. The monoisotopic (exact) mass is 401 g/mol. The Morgan fingerprint density at radius 3 is 2.75 bits per heavy atom. The fourth-order valence-electron chi connectivity index (χ4n) is 4.75. The van der Waals surface area contributed by atoms with E-state index in [2.05, 4.69) is 22.4 Å². The van der Waals surface area contributed by atoms with E-state index in [1.807, 2.05) is 24.3 Å². The smallest absolute Gasteiger partial charge is 0.230 e. The third-order valence-corrected chi connectivity index (χ3v) is 7.11. The van der Waals surface area contributed by atoms with Crippen molar-refractivity contribution in [2.24, 2.45) is 17.8 Å². The summed E-state index contributed by atoms with van der Waals surface area (Å²) in [6.07, 6.45) is 5.32.